The van der Waals surface area contributed by atoms with Gasteiger partial charge in [-0.05, 0) is 45.6 Å². The molecule has 0 radical (unpaired) electrons. The fourth-order valence-corrected chi connectivity index (χ4v) is 12.2. The molecule has 1 aliphatic rings. The summed E-state index contributed by atoms with van der Waals surface area (Å²) >= 11 is 0. The Kier molecular flexibility index (Phi) is 5.90. The Balaban J connectivity index is 1.99. The lowest BCUT2D eigenvalue weighted by atomic mass is 10.1. The van der Waals surface area contributed by atoms with Gasteiger partial charge in [-0.15, -0.1) is 0 Å². The summed E-state index contributed by atoms with van der Waals surface area (Å²) in [6, 6.07) is 8.13. The molecule has 4 heteroatoms. The third kappa shape index (κ3) is 4.33. The SMILES string of the molecule is C[C@H](C1C=CC=C1P(c1ccco1)c1ccco1)P(C(C)(C)C)C(C)(C)C. The van der Waals surface area contributed by atoms with E-state index < -0.39 is 7.92 Å². The van der Waals surface area contributed by atoms with Gasteiger partial charge in [0.05, 0.1) is 20.4 Å². The zero-order valence-corrected chi connectivity index (χ0v) is 19.4. The smallest absolute Gasteiger partial charge is 0.137 e. The van der Waals surface area contributed by atoms with Crippen LogP contribution in [-0.2, 0) is 0 Å². The highest BCUT2D eigenvalue weighted by molar-refractivity contribution is 7.76. The van der Waals surface area contributed by atoms with Crippen molar-refractivity contribution in [2.24, 2.45) is 5.92 Å². The van der Waals surface area contributed by atoms with E-state index in [0.29, 0.717) is 21.9 Å². The van der Waals surface area contributed by atoms with Crippen molar-refractivity contribution in [1.82, 2.24) is 0 Å². The predicted molar refractivity (Wildman–Crippen MR) is 120 cm³/mol. The molecule has 0 amide bonds. The molecule has 0 bridgehead atoms. The van der Waals surface area contributed by atoms with Crippen molar-refractivity contribution < 1.29 is 8.83 Å². The van der Waals surface area contributed by atoms with Crippen LogP contribution in [0.5, 0.6) is 0 Å². The van der Waals surface area contributed by atoms with Gasteiger partial charge in [0.1, 0.15) is 11.0 Å². The Morgan fingerprint density at radius 2 is 1.41 bits per heavy atom. The van der Waals surface area contributed by atoms with Crippen LogP contribution in [0.2, 0.25) is 0 Å². The summed E-state index contributed by atoms with van der Waals surface area (Å²) < 4.78 is 11.7. The molecule has 1 unspecified atom stereocenters. The first-order valence-corrected chi connectivity index (χ1v) is 12.4. The number of rotatable bonds is 5. The van der Waals surface area contributed by atoms with Gasteiger partial charge < -0.3 is 8.83 Å². The number of furan rings is 2. The van der Waals surface area contributed by atoms with Gasteiger partial charge in [-0.1, -0.05) is 74.6 Å². The molecule has 0 saturated heterocycles. The Hall–Kier alpha value is -1.10. The van der Waals surface area contributed by atoms with Crippen LogP contribution in [0, 0.1) is 5.92 Å². The highest BCUT2D eigenvalue weighted by Crippen LogP contribution is 2.66. The molecule has 146 valence electrons. The largest absolute Gasteiger partial charge is 0.464 e. The molecular weight excluding hydrogens is 370 g/mol. The average molecular weight is 402 g/mol. The van der Waals surface area contributed by atoms with Crippen LogP contribution in [0.15, 0.2) is 69.2 Å². The predicted octanol–water partition coefficient (Wildman–Crippen LogP) is 6.84. The van der Waals surface area contributed by atoms with E-state index in [2.05, 4.69) is 78.8 Å². The molecule has 0 aromatic carbocycles. The molecule has 0 spiro atoms. The molecule has 0 fully saturated rings. The summed E-state index contributed by atoms with van der Waals surface area (Å²) in [5.41, 5.74) is 2.62. The molecule has 27 heavy (non-hydrogen) atoms. The van der Waals surface area contributed by atoms with Gasteiger partial charge in [0.2, 0.25) is 0 Å². The van der Waals surface area contributed by atoms with Crippen molar-refractivity contribution in [3.05, 3.63) is 60.3 Å². The third-order valence-corrected chi connectivity index (χ3v) is 11.4. The summed E-state index contributed by atoms with van der Waals surface area (Å²) in [5.74, 6) is 0.427. The lowest BCUT2D eigenvalue weighted by molar-refractivity contribution is 0.592. The quantitative estimate of drug-likeness (QED) is 0.512. The lowest BCUT2D eigenvalue weighted by Gasteiger charge is -2.47. The zero-order valence-electron chi connectivity index (χ0n) is 17.6. The zero-order chi connectivity index (χ0) is 19.8. The minimum atomic E-state index is -0.771. The maximum absolute atomic E-state index is 5.86. The van der Waals surface area contributed by atoms with E-state index in [1.54, 1.807) is 12.5 Å². The summed E-state index contributed by atoms with van der Waals surface area (Å²) in [6.45, 7) is 16.9. The molecule has 2 atom stereocenters. The first-order valence-electron chi connectivity index (χ1n) is 9.65. The van der Waals surface area contributed by atoms with Crippen molar-refractivity contribution in [3.8, 4) is 0 Å². The third-order valence-electron chi connectivity index (χ3n) is 5.01. The molecule has 2 aromatic heterocycles. The standard InChI is InChI=1S/C23H32O2P2/c1-17(27(22(2,3)4)23(5,6)7)18-11-8-12-19(18)26(20-13-9-15-24-20)21-14-10-16-25-21/h8-18H,1-7H3/t17-,18?/m1/s1. The van der Waals surface area contributed by atoms with Gasteiger partial charge in [0.25, 0.3) is 0 Å². The molecular formula is C23H32O2P2. The van der Waals surface area contributed by atoms with E-state index in [9.17, 15) is 0 Å². The molecule has 0 N–H and O–H groups in total. The molecule has 3 rings (SSSR count). The van der Waals surface area contributed by atoms with Gasteiger partial charge in [0, 0.05) is 5.92 Å². The van der Waals surface area contributed by atoms with Crippen molar-refractivity contribution in [3.63, 3.8) is 0 Å². The van der Waals surface area contributed by atoms with Crippen LogP contribution in [-0.4, -0.2) is 16.0 Å². The van der Waals surface area contributed by atoms with E-state index in [-0.39, 0.29) is 7.92 Å². The van der Waals surface area contributed by atoms with E-state index in [4.69, 9.17) is 8.83 Å². The minimum Gasteiger partial charge on any atom is -0.464 e. The molecule has 1 aliphatic carbocycles. The number of hydrogen-bond donors (Lipinski definition) is 0. The number of allylic oxidation sites excluding steroid dienone is 4. The minimum absolute atomic E-state index is 0.224. The topological polar surface area (TPSA) is 26.3 Å². The van der Waals surface area contributed by atoms with Crippen molar-refractivity contribution in [1.29, 1.82) is 0 Å². The van der Waals surface area contributed by atoms with Crippen LogP contribution < -0.4 is 11.0 Å². The maximum atomic E-state index is 5.86. The average Bonchev–Trinajstić information content (AvgIpc) is 3.28. The van der Waals surface area contributed by atoms with Crippen molar-refractivity contribution >= 4 is 26.8 Å². The molecule has 0 aliphatic heterocycles. The van der Waals surface area contributed by atoms with E-state index in [0.717, 1.165) is 11.0 Å². The van der Waals surface area contributed by atoms with E-state index >= 15 is 0 Å². The highest BCUT2D eigenvalue weighted by atomic mass is 31.1. The van der Waals surface area contributed by atoms with E-state index in [1.165, 1.54) is 5.31 Å². The number of hydrogen-bond acceptors (Lipinski definition) is 2. The highest BCUT2D eigenvalue weighted by Gasteiger charge is 2.43. The summed E-state index contributed by atoms with van der Waals surface area (Å²) in [7, 11) is -0.995. The Bertz CT molecular complexity index is 738. The van der Waals surface area contributed by atoms with Gasteiger partial charge in [-0.25, -0.2) is 0 Å². The van der Waals surface area contributed by atoms with Gasteiger partial charge in [-0.3, -0.25) is 0 Å². The lowest BCUT2D eigenvalue weighted by Crippen LogP contribution is -2.34. The van der Waals surface area contributed by atoms with E-state index in [1.807, 2.05) is 12.1 Å². The first-order chi connectivity index (χ1) is 12.6. The second kappa shape index (κ2) is 7.73. The Morgan fingerprint density at radius 3 is 1.81 bits per heavy atom. The molecule has 2 aromatic rings. The van der Waals surface area contributed by atoms with Crippen LogP contribution >= 0.6 is 15.8 Å². The summed E-state index contributed by atoms with van der Waals surface area (Å²) in [6.07, 6.45) is 10.5. The first kappa shape index (κ1) is 20.6. The Labute approximate surface area is 166 Å². The van der Waals surface area contributed by atoms with Crippen LogP contribution in [0.1, 0.15) is 48.5 Å². The monoisotopic (exact) mass is 402 g/mol. The summed E-state index contributed by atoms with van der Waals surface area (Å²) in [4.78, 5) is 0. The summed E-state index contributed by atoms with van der Waals surface area (Å²) in [5, 5.41) is 2.04. The Morgan fingerprint density at radius 1 is 0.889 bits per heavy atom. The second-order valence-corrected chi connectivity index (χ2v) is 15.5. The normalized spacial score (nSPS) is 19.1. The maximum Gasteiger partial charge on any atom is 0.137 e. The van der Waals surface area contributed by atoms with Crippen molar-refractivity contribution in [2.75, 3.05) is 0 Å². The van der Waals surface area contributed by atoms with Gasteiger partial charge >= 0.3 is 0 Å². The fourth-order valence-electron chi connectivity index (χ4n) is 4.66. The molecule has 0 saturated carbocycles. The van der Waals surface area contributed by atoms with Gasteiger partial charge in [-0.2, -0.15) is 0 Å². The molecule has 2 heterocycles. The fraction of sp³-hybridized carbons (Fsp3) is 0.478. The van der Waals surface area contributed by atoms with Gasteiger partial charge in [0.15, 0.2) is 0 Å². The van der Waals surface area contributed by atoms with Crippen LogP contribution in [0.4, 0.5) is 0 Å². The van der Waals surface area contributed by atoms with Crippen LogP contribution in [0.3, 0.4) is 0 Å². The van der Waals surface area contributed by atoms with Crippen LogP contribution in [0.25, 0.3) is 0 Å². The van der Waals surface area contributed by atoms with Crippen molar-refractivity contribution in [2.45, 2.75) is 64.4 Å². The second-order valence-electron chi connectivity index (χ2n) is 9.19. The molecule has 2 nitrogen and oxygen atoms in total.